The van der Waals surface area contributed by atoms with E-state index in [1.807, 2.05) is 27.0 Å². The molecule has 0 aromatic rings. The first-order valence-electron chi connectivity index (χ1n) is 3.57. The minimum absolute atomic E-state index is 0.318. The molecule has 0 aliphatic carbocycles. The highest BCUT2D eigenvalue weighted by Gasteiger charge is 2.14. The van der Waals surface area contributed by atoms with Crippen LogP contribution in [-0.4, -0.2) is 27.1 Å². The van der Waals surface area contributed by atoms with Gasteiger partial charge in [0.05, 0.1) is 6.20 Å². The molecule has 5 nitrogen and oxygen atoms in total. The summed E-state index contributed by atoms with van der Waals surface area (Å²) in [7, 11) is 0. The SMILES string of the molecule is CC(C)(C)OC=O.c1c2nnn1-2. The Hall–Kier alpha value is -1.39. The number of rotatable bonds is 1. The lowest BCUT2D eigenvalue weighted by molar-refractivity contribution is -0.138. The predicted molar refractivity (Wildman–Crippen MR) is 41.8 cm³/mol. The van der Waals surface area contributed by atoms with Gasteiger partial charge in [-0.3, -0.25) is 4.79 Å². The van der Waals surface area contributed by atoms with Gasteiger partial charge >= 0.3 is 0 Å². The molecular formula is C7H11N3O2. The van der Waals surface area contributed by atoms with Crippen molar-refractivity contribution in [1.29, 1.82) is 0 Å². The summed E-state index contributed by atoms with van der Waals surface area (Å²) < 4.78 is 6.27. The Morgan fingerprint density at radius 2 is 2.17 bits per heavy atom. The Morgan fingerprint density at radius 1 is 1.58 bits per heavy atom. The van der Waals surface area contributed by atoms with Crippen LogP contribution in [0.5, 0.6) is 0 Å². The monoisotopic (exact) mass is 169 g/mol. The minimum Gasteiger partial charge on any atom is -0.462 e. The maximum absolute atomic E-state index is 9.60. The summed E-state index contributed by atoms with van der Waals surface area (Å²) in [4.78, 5) is 9.60. The second-order valence-corrected chi connectivity index (χ2v) is 3.35. The van der Waals surface area contributed by atoms with Gasteiger partial charge in [0, 0.05) is 0 Å². The van der Waals surface area contributed by atoms with Gasteiger partial charge in [0.2, 0.25) is 0 Å². The van der Waals surface area contributed by atoms with Crippen molar-refractivity contribution in [2.24, 2.45) is 0 Å². The quantitative estimate of drug-likeness (QED) is 0.584. The second kappa shape index (κ2) is 2.92. The highest BCUT2D eigenvalue weighted by atomic mass is 16.5. The van der Waals surface area contributed by atoms with Gasteiger partial charge in [-0.2, -0.15) is 4.68 Å². The lowest BCUT2D eigenvalue weighted by Gasteiger charge is -2.14. The molecule has 66 valence electrons. The van der Waals surface area contributed by atoms with Crippen LogP contribution in [0.15, 0.2) is 6.20 Å². The van der Waals surface area contributed by atoms with Gasteiger partial charge in [-0.1, -0.05) is 5.21 Å². The molecule has 2 aliphatic heterocycles. The summed E-state index contributed by atoms with van der Waals surface area (Å²) in [5, 5.41) is 7.06. The number of nitrogens with zero attached hydrogens (tertiary/aromatic N) is 3. The number of ether oxygens (including phenoxy) is 1. The summed E-state index contributed by atoms with van der Waals surface area (Å²) in [5.41, 5.74) is -0.318. The predicted octanol–water partition coefficient (Wildman–Crippen LogP) is 0.539. The van der Waals surface area contributed by atoms with Gasteiger partial charge in [0.25, 0.3) is 6.47 Å². The van der Waals surface area contributed by atoms with Crippen molar-refractivity contribution >= 4 is 6.47 Å². The first-order valence-corrected chi connectivity index (χ1v) is 3.57. The maximum Gasteiger partial charge on any atom is 0.293 e. The molecule has 2 heterocycles. The average Bonchev–Trinajstić information content (AvgIpc) is 2.37. The Balaban J connectivity index is 0.000000123. The van der Waals surface area contributed by atoms with E-state index in [4.69, 9.17) is 0 Å². The lowest BCUT2D eigenvalue weighted by atomic mass is 10.2. The molecule has 0 unspecified atom stereocenters. The molecule has 12 heavy (non-hydrogen) atoms. The molecule has 0 saturated carbocycles. The molecule has 0 N–H and O–H groups in total. The number of fused-ring (bicyclic) bond motifs is 1. The zero-order valence-electron chi connectivity index (χ0n) is 7.31. The van der Waals surface area contributed by atoms with E-state index in [1.54, 1.807) is 4.68 Å². The van der Waals surface area contributed by atoms with E-state index in [2.05, 4.69) is 15.0 Å². The van der Waals surface area contributed by atoms with Crippen LogP contribution < -0.4 is 0 Å². The van der Waals surface area contributed by atoms with Crippen LogP contribution in [0.25, 0.3) is 5.82 Å². The van der Waals surface area contributed by atoms with Crippen LogP contribution in [0.1, 0.15) is 20.8 Å². The van der Waals surface area contributed by atoms with Crippen molar-refractivity contribution in [1.82, 2.24) is 15.0 Å². The van der Waals surface area contributed by atoms with Crippen LogP contribution in [0.3, 0.4) is 0 Å². The van der Waals surface area contributed by atoms with Crippen LogP contribution in [0.4, 0.5) is 0 Å². The second-order valence-electron chi connectivity index (χ2n) is 3.35. The largest absolute Gasteiger partial charge is 0.462 e. The van der Waals surface area contributed by atoms with Gasteiger partial charge < -0.3 is 4.74 Å². The smallest absolute Gasteiger partial charge is 0.293 e. The van der Waals surface area contributed by atoms with Gasteiger partial charge in [0.15, 0.2) is 5.82 Å². The van der Waals surface area contributed by atoms with Crippen molar-refractivity contribution < 1.29 is 9.53 Å². The molecule has 0 fully saturated rings. The molecule has 0 saturated heterocycles. The van der Waals surface area contributed by atoms with E-state index >= 15 is 0 Å². The number of carbonyl (C=O) groups is 1. The average molecular weight is 169 g/mol. The Bertz CT molecular complexity index is 250. The number of aromatic nitrogens is 3. The summed E-state index contributed by atoms with van der Waals surface area (Å²) in [6, 6.07) is 0. The molecule has 2 rings (SSSR count). The maximum atomic E-state index is 9.60. The lowest BCUT2D eigenvalue weighted by Crippen LogP contribution is -2.17. The summed E-state index contributed by atoms with van der Waals surface area (Å²) in [6.07, 6.45) is 1.86. The van der Waals surface area contributed by atoms with E-state index in [0.29, 0.717) is 6.47 Å². The van der Waals surface area contributed by atoms with Crippen LogP contribution in [0, 0.1) is 0 Å². The van der Waals surface area contributed by atoms with E-state index in [9.17, 15) is 4.79 Å². The summed E-state index contributed by atoms with van der Waals surface area (Å²) >= 11 is 0. The minimum atomic E-state index is -0.318. The van der Waals surface area contributed by atoms with Crippen LogP contribution >= 0.6 is 0 Å². The zero-order valence-corrected chi connectivity index (χ0v) is 7.31. The van der Waals surface area contributed by atoms with Crippen molar-refractivity contribution in [3.63, 3.8) is 0 Å². The number of carbonyl (C=O) groups excluding carboxylic acids is 1. The van der Waals surface area contributed by atoms with Gasteiger partial charge in [-0.25, -0.2) is 0 Å². The topological polar surface area (TPSA) is 57.0 Å². The number of hydrogen-bond donors (Lipinski definition) is 0. The summed E-state index contributed by atoms with van der Waals surface area (Å²) in [5.74, 6) is 1.02. The van der Waals surface area contributed by atoms with Gasteiger partial charge in [-0.05, 0) is 20.8 Å². The first-order chi connectivity index (χ1) is 5.53. The molecule has 5 heteroatoms. The fourth-order valence-corrected chi connectivity index (χ4v) is 0.424. The molecule has 0 bridgehead atoms. The van der Waals surface area contributed by atoms with E-state index in [0.717, 1.165) is 5.82 Å². The standard InChI is InChI=1S/C5H10O2.C2HN3/c1-5(2,3)7-4-6;1-2-3-4-5(1)2/h4H,1-3H3;1H. The third kappa shape index (κ3) is 2.69. The summed E-state index contributed by atoms with van der Waals surface area (Å²) in [6.45, 7) is 5.92. The van der Waals surface area contributed by atoms with Crippen molar-refractivity contribution in [3.05, 3.63) is 6.20 Å². The first kappa shape index (κ1) is 8.70. The van der Waals surface area contributed by atoms with Gasteiger partial charge in [0.1, 0.15) is 5.60 Å². The van der Waals surface area contributed by atoms with Crippen LogP contribution in [-0.2, 0) is 9.53 Å². The third-order valence-electron chi connectivity index (χ3n) is 1.05. The molecule has 0 radical (unpaired) electrons. The van der Waals surface area contributed by atoms with Crippen molar-refractivity contribution in [2.75, 3.05) is 0 Å². The molecule has 0 atom stereocenters. The molecule has 0 aromatic heterocycles. The highest BCUT2D eigenvalue weighted by molar-refractivity contribution is 5.37. The normalized spacial score (nSPS) is 11.2. The Kier molecular flexibility index (Phi) is 2.12. The molecule has 0 amide bonds. The fraction of sp³-hybridized carbons (Fsp3) is 0.571. The highest BCUT2D eigenvalue weighted by Crippen LogP contribution is 2.10. The molecule has 0 spiro atoms. The number of hydrogen-bond acceptors (Lipinski definition) is 4. The molecule has 2 aliphatic rings. The Morgan fingerprint density at radius 3 is 2.17 bits per heavy atom. The van der Waals surface area contributed by atoms with Gasteiger partial charge in [-0.15, -0.1) is 5.10 Å². The van der Waals surface area contributed by atoms with E-state index < -0.39 is 0 Å². The zero-order chi connectivity index (χ0) is 9.19. The van der Waals surface area contributed by atoms with Crippen molar-refractivity contribution in [3.8, 4) is 5.82 Å². The van der Waals surface area contributed by atoms with Crippen molar-refractivity contribution in [2.45, 2.75) is 26.4 Å². The van der Waals surface area contributed by atoms with E-state index in [-0.39, 0.29) is 5.60 Å². The Labute approximate surface area is 70.3 Å². The third-order valence-corrected chi connectivity index (χ3v) is 1.05. The van der Waals surface area contributed by atoms with Crippen LogP contribution in [0.2, 0.25) is 0 Å². The fourth-order valence-electron chi connectivity index (χ4n) is 0.424. The molecular weight excluding hydrogens is 158 g/mol. The molecule has 0 aromatic carbocycles. The van der Waals surface area contributed by atoms with E-state index in [1.165, 1.54) is 0 Å².